The molecule has 3 aromatic rings. The van der Waals surface area contributed by atoms with Crippen molar-refractivity contribution in [3.8, 4) is 0 Å². The number of aryl methyl sites for hydroxylation is 1. The Morgan fingerprint density at radius 1 is 1.22 bits per heavy atom. The highest BCUT2D eigenvalue weighted by atomic mass is 32.1. The van der Waals surface area contributed by atoms with Gasteiger partial charge in [-0.2, -0.15) is 0 Å². The molecule has 0 radical (unpaired) electrons. The summed E-state index contributed by atoms with van der Waals surface area (Å²) in [5.41, 5.74) is 0.608. The summed E-state index contributed by atoms with van der Waals surface area (Å²) in [6.07, 6.45) is 7.23. The molecule has 0 bridgehead atoms. The molecule has 1 N–H and O–H groups in total. The third-order valence-electron chi connectivity index (χ3n) is 4.93. The lowest BCUT2D eigenvalue weighted by atomic mass is 10.1. The van der Waals surface area contributed by atoms with Crippen LogP contribution in [0.4, 0.5) is 5.13 Å². The van der Waals surface area contributed by atoms with Crippen LogP contribution < -0.4 is 10.9 Å². The second-order valence-electron chi connectivity index (χ2n) is 6.84. The molecule has 1 aromatic carbocycles. The fourth-order valence-corrected chi connectivity index (χ4v) is 4.41. The highest BCUT2D eigenvalue weighted by Gasteiger charge is 2.21. The summed E-state index contributed by atoms with van der Waals surface area (Å²) in [4.78, 5) is 28.9. The van der Waals surface area contributed by atoms with Gasteiger partial charge in [-0.05, 0) is 31.4 Å². The van der Waals surface area contributed by atoms with E-state index in [0.717, 1.165) is 17.8 Å². The monoisotopic (exact) mass is 383 g/mol. The van der Waals surface area contributed by atoms with Gasteiger partial charge in [0.15, 0.2) is 0 Å². The van der Waals surface area contributed by atoms with Gasteiger partial charge in [0.25, 0.3) is 5.56 Å². The third-order valence-corrected chi connectivity index (χ3v) is 5.93. The Balaban J connectivity index is 1.31. The number of carbonyl (C=O) groups is 1. The summed E-state index contributed by atoms with van der Waals surface area (Å²) in [5.74, 6) is 0.395. The topological polar surface area (TPSA) is 89.8 Å². The summed E-state index contributed by atoms with van der Waals surface area (Å²) in [6.45, 7) is 0.452. The van der Waals surface area contributed by atoms with Gasteiger partial charge in [0.05, 0.1) is 17.2 Å². The van der Waals surface area contributed by atoms with Crippen molar-refractivity contribution in [3.05, 3.63) is 46.0 Å². The number of hydrogen-bond donors (Lipinski definition) is 1. The number of rotatable bonds is 6. The summed E-state index contributed by atoms with van der Waals surface area (Å²) in [6, 6.07) is 7.27. The molecule has 27 heavy (non-hydrogen) atoms. The first kappa shape index (κ1) is 17.8. The van der Waals surface area contributed by atoms with Crippen LogP contribution in [0.25, 0.3) is 10.9 Å². The first-order valence-corrected chi connectivity index (χ1v) is 10.1. The molecule has 0 spiro atoms. The number of nitrogens with one attached hydrogen (secondary N) is 1. The Bertz CT molecular complexity index is 1010. The zero-order valence-electron chi connectivity index (χ0n) is 14.9. The maximum Gasteiger partial charge on any atom is 0.261 e. The molecule has 140 valence electrons. The van der Waals surface area contributed by atoms with E-state index in [1.54, 1.807) is 17.0 Å². The maximum atomic E-state index is 12.4. The molecule has 4 rings (SSSR count). The number of carbonyl (C=O) groups excluding carboxylic acids is 1. The van der Waals surface area contributed by atoms with E-state index in [-0.39, 0.29) is 11.5 Å². The molecule has 0 saturated heterocycles. The molecule has 2 aromatic heterocycles. The zero-order valence-corrected chi connectivity index (χ0v) is 15.7. The maximum absolute atomic E-state index is 12.4. The Morgan fingerprint density at radius 3 is 2.89 bits per heavy atom. The number of benzene rings is 1. The SMILES string of the molecule is O=C(CCCn1cnc2ccccc2c1=O)Nc1nnc(C2CCCC2)s1. The number of para-hydroxylation sites is 1. The second kappa shape index (κ2) is 7.96. The normalized spacial score (nSPS) is 14.7. The molecule has 0 aliphatic heterocycles. The predicted octanol–water partition coefficient (Wildman–Crippen LogP) is 3.32. The molecule has 1 saturated carbocycles. The van der Waals surface area contributed by atoms with E-state index in [1.807, 2.05) is 18.2 Å². The van der Waals surface area contributed by atoms with Crippen LogP contribution in [-0.2, 0) is 11.3 Å². The van der Waals surface area contributed by atoms with E-state index in [9.17, 15) is 9.59 Å². The fourth-order valence-electron chi connectivity index (χ4n) is 3.48. The largest absolute Gasteiger partial charge is 0.301 e. The van der Waals surface area contributed by atoms with Crippen LogP contribution in [0, 0.1) is 0 Å². The van der Waals surface area contributed by atoms with Crippen LogP contribution in [0.15, 0.2) is 35.4 Å². The van der Waals surface area contributed by atoms with Gasteiger partial charge in [0, 0.05) is 18.9 Å². The van der Waals surface area contributed by atoms with E-state index in [0.29, 0.717) is 41.3 Å². The van der Waals surface area contributed by atoms with E-state index < -0.39 is 0 Å². The first-order chi connectivity index (χ1) is 13.2. The highest BCUT2D eigenvalue weighted by molar-refractivity contribution is 7.15. The number of hydrogen-bond acceptors (Lipinski definition) is 6. The molecule has 2 heterocycles. The Labute approximate surface area is 160 Å². The van der Waals surface area contributed by atoms with E-state index >= 15 is 0 Å². The third kappa shape index (κ3) is 4.05. The average Bonchev–Trinajstić information content (AvgIpc) is 3.35. The fraction of sp³-hybridized carbons (Fsp3) is 0.421. The van der Waals surface area contributed by atoms with Gasteiger partial charge in [-0.1, -0.05) is 36.3 Å². The lowest BCUT2D eigenvalue weighted by Gasteiger charge is -2.06. The molecule has 1 aliphatic carbocycles. The molecule has 7 nitrogen and oxygen atoms in total. The summed E-state index contributed by atoms with van der Waals surface area (Å²) >= 11 is 1.47. The van der Waals surface area contributed by atoms with Crippen LogP contribution >= 0.6 is 11.3 Å². The van der Waals surface area contributed by atoms with Gasteiger partial charge in [-0.3, -0.25) is 14.2 Å². The molecule has 1 aliphatic rings. The molecule has 1 amide bonds. The minimum absolute atomic E-state index is 0.0775. The van der Waals surface area contributed by atoms with Crippen molar-refractivity contribution in [1.82, 2.24) is 19.7 Å². The van der Waals surface area contributed by atoms with Gasteiger partial charge in [0.1, 0.15) is 5.01 Å². The van der Waals surface area contributed by atoms with Crippen molar-refractivity contribution in [2.24, 2.45) is 0 Å². The van der Waals surface area contributed by atoms with Crippen LogP contribution in [0.5, 0.6) is 0 Å². The quantitative estimate of drug-likeness (QED) is 0.705. The Morgan fingerprint density at radius 2 is 2.04 bits per heavy atom. The van der Waals surface area contributed by atoms with Crippen LogP contribution in [-0.4, -0.2) is 25.7 Å². The molecule has 0 unspecified atom stereocenters. The van der Waals surface area contributed by atoms with Crippen molar-refractivity contribution in [1.29, 1.82) is 0 Å². The van der Waals surface area contributed by atoms with Gasteiger partial charge < -0.3 is 5.32 Å². The highest BCUT2D eigenvalue weighted by Crippen LogP contribution is 2.36. The molecular formula is C19H21N5O2S. The lowest BCUT2D eigenvalue weighted by Crippen LogP contribution is -2.21. The zero-order chi connectivity index (χ0) is 18.6. The van der Waals surface area contributed by atoms with Crippen molar-refractivity contribution in [3.63, 3.8) is 0 Å². The van der Waals surface area contributed by atoms with E-state index in [2.05, 4.69) is 20.5 Å². The van der Waals surface area contributed by atoms with Crippen molar-refractivity contribution in [2.45, 2.75) is 51.0 Å². The molecule has 0 atom stereocenters. The van der Waals surface area contributed by atoms with Crippen molar-refractivity contribution in [2.75, 3.05) is 5.32 Å². The Kier molecular flexibility index (Phi) is 5.24. The number of nitrogens with zero attached hydrogens (tertiary/aromatic N) is 4. The second-order valence-corrected chi connectivity index (χ2v) is 7.85. The van der Waals surface area contributed by atoms with Crippen molar-refractivity contribution >= 4 is 33.3 Å². The van der Waals surface area contributed by atoms with E-state index in [1.165, 1.54) is 24.2 Å². The standard InChI is InChI=1S/C19H21N5O2S/c25-16(21-19-23-22-17(27-19)13-6-1-2-7-13)10-5-11-24-12-20-15-9-4-3-8-14(15)18(24)26/h3-4,8-9,12-13H,1-2,5-7,10-11H2,(H,21,23,25). The lowest BCUT2D eigenvalue weighted by molar-refractivity contribution is -0.116. The molecular weight excluding hydrogens is 362 g/mol. The van der Waals surface area contributed by atoms with Gasteiger partial charge >= 0.3 is 0 Å². The van der Waals surface area contributed by atoms with Crippen molar-refractivity contribution < 1.29 is 4.79 Å². The number of amides is 1. The number of fused-ring (bicyclic) bond motifs is 1. The smallest absolute Gasteiger partial charge is 0.261 e. The van der Waals surface area contributed by atoms with Crippen LogP contribution in [0.3, 0.4) is 0 Å². The van der Waals surface area contributed by atoms with Gasteiger partial charge in [-0.15, -0.1) is 10.2 Å². The van der Waals surface area contributed by atoms with Gasteiger partial charge in [0.2, 0.25) is 11.0 Å². The minimum atomic E-state index is -0.106. The number of anilines is 1. The summed E-state index contributed by atoms with van der Waals surface area (Å²) in [5, 5.41) is 13.3. The predicted molar refractivity (Wildman–Crippen MR) is 105 cm³/mol. The van der Waals surface area contributed by atoms with Crippen LogP contribution in [0.1, 0.15) is 49.5 Å². The van der Waals surface area contributed by atoms with Gasteiger partial charge in [-0.25, -0.2) is 4.98 Å². The summed E-state index contributed by atoms with van der Waals surface area (Å²) in [7, 11) is 0. The molecule has 1 fully saturated rings. The molecule has 8 heteroatoms. The number of aromatic nitrogens is 4. The van der Waals surface area contributed by atoms with E-state index in [4.69, 9.17) is 0 Å². The first-order valence-electron chi connectivity index (χ1n) is 9.28. The summed E-state index contributed by atoms with van der Waals surface area (Å²) < 4.78 is 1.55. The average molecular weight is 383 g/mol. The minimum Gasteiger partial charge on any atom is -0.301 e. The Hall–Kier alpha value is -2.61. The van der Waals surface area contributed by atoms with Crippen LogP contribution in [0.2, 0.25) is 0 Å².